The van der Waals surface area contributed by atoms with Crippen LogP contribution in [-0.4, -0.2) is 22.1 Å². The van der Waals surface area contributed by atoms with E-state index in [-0.39, 0.29) is 27.9 Å². The van der Waals surface area contributed by atoms with E-state index < -0.39 is 11.0 Å². The third kappa shape index (κ3) is 2.22. The monoisotopic (exact) mass is 470 g/mol. The van der Waals surface area contributed by atoms with Gasteiger partial charge in [-0.15, -0.1) is 0 Å². The van der Waals surface area contributed by atoms with Crippen molar-refractivity contribution in [1.82, 2.24) is 5.32 Å². The van der Waals surface area contributed by atoms with Gasteiger partial charge in [-0.2, -0.15) is 5.26 Å². The lowest BCUT2D eigenvalue weighted by molar-refractivity contribution is -0.207. The van der Waals surface area contributed by atoms with E-state index in [1.807, 2.05) is 6.07 Å². The highest BCUT2D eigenvalue weighted by Gasteiger charge is 2.69. The normalized spacial score (nSPS) is 38.3. The number of amides is 1. The number of alkyl halides is 1. The van der Waals surface area contributed by atoms with Gasteiger partial charge >= 0.3 is 0 Å². The molecule has 5 atom stereocenters. The minimum Gasteiger partial charge on any atom is -0.486 e. The summed E-state index contributed by atoms with van der Waals surface area (Å²) in [5.41, 5.74) is 1.57. The van der Waals surface area contributed by atoms with Gasteiger partial charge in [-0.05, 0) is 36.8 Å². The van der Waals surface area contributed by atoms with E-state index in [9.17, 15) is 14.9 Å². The van der Waals surface area contributed by atoms with E-state index >= 15 is 0 Å². The molecule has 0 radical (unpaired) electrons. The summed E-state index contributed by atoms with van der Waals surface area (Å²) in [5.74, 6) is 1.35. The number of nitrogens with zero attached hydrogens (tertiary/aromatic N) is 1. The number of rotatable bonds is 0. The number of nitriles is 1. The highest BCUT2D eigenvalue weighted by atomic mass is 79.9. The van der Waals surface area contributed by atoms with Crippen molar-refractivity contribution in [3.05, 3.63) is 28.3 Å². The van der Waals surface area contributed by atoms with Gasteiger partial charge in [-0.1, -0.05) is 43.6 Å². The lowest BCUT2D eigenvalue weighted by Gasteiger charge is -2.66. The Balaban J connectivity index is 1.76. The van der Waals surface area contributed by atoms with Crippen LogP contribution < -0.4 is 10.1 Å². The molecule has 1 N–H and O–H groups in total. The highest BCUT2D eigenvalue weighted by Crippen LogP contribution is 2.66. The number of halogens is 1. The average Bonchev–Trinajstić information content (AvgIpc) is 3.08. The Morgan fingerprint density at radius 2 is 2.00 bits per heavy atom. The molecule has 1 spiro atoms. The molecule has 4 aliphatic rings. The summed E-state index contributed by atoms with van der Waals surface area (Å²) in [6.45, 7) is 9.13. The fraction of sp³-hybridized carbons (Fsp3) is 0.625. The van der Waals surface area contributed by atoms with Crippen LogP contribution in [0.5, 0.6) is 5.75 Å². The fourth-order valence-electron chi connectivity index (χ4n) is 6.98. The van der Waals surface area contributed by atoms with Crippen LogP contribution >= 0.6 is 15.9 Å². The maximum Gasteiger partial charge on any atom is 0.253 e. The van der Waals surface area contributed by atoms with Crippen molar-refractivity contribution in [2.24, 2.45) is 22.7 Å². The maximum atomic E-state index is 13.1. The molecule has 2 heterocycles. The van der Waals surface area contributed by atoms with Crippen molar-refractivity contribution in [2.75, 3.05) is 0 Å². The van der Waals surface area contributed by atoms with Crippen LogP contribution in [0.2, 0.25) is 0 Å². The minimum absolute atomic E-state index is 0.108. The van der Waals surface area contributed by atoms with Gasteiger partial charge in [0.25, 0.3) is 5.91 Å². The Bertz CT molecular complexity index is 1040. The third-order valence-electron chi connectivity index (χ3n) is 8.85. The van der Waals surface area contributed by atoms with E-state index in [0.29, 0.717) is 30.0 Å². The highest BCUT2D eigenvalue weighted by molar-refractivity contribution is 9.10. The van der Waals surface area contributed by atoms with Crippen molar-refractivity contribution >= 4 is 27.6 Å². The first-order valence-corrected chi connectivity index (χ1v) is 11.7. The summed E-state index contributed by atoms with van der Waals surface area (Å²) >= 11 is 3.69. The van der Waals surface area contributed by atoms with Gasteiger partial charge in [0.2, 0.25) is 0 Å². The maximum absolute atomic E-state index is 13.1. The Hall–Kier alpha value is -1.87. The van der Waals surface area contributed by atoms with Crippen LogP contribution in [0.25, 0.3) is 0 Å². The molecule has 0 unspecified atom stereocenters. The van der Waals surface area contributed by atoms with Gasteiger partial charge in [0, 0.05) is 35.3 Å². The average molecular weight is 471 g/mol. The number of Topliss-reactive ketones (excluding diaryl/α,β-unsaturated/α-hetero) is 1. The quantitative estimate of drug-likeness (QED) is 0.573. The van der Waals surface area contributed by atoms with Crippen molar-refractivity contribution in [3.63, 3.8) is 0 Å². The molecule has 0 saturated heterocycles. The summed E-state index contributed by atoms with van der Waals surface area (Å²) in [7, 11) is 0. The van der Waals surface area contributed by atoms with Crippen LogP contribution in [-0.2, 0) is 17.8 Å². The van der Waals surface area contributed by atoms with Crippen LogP contribution in [0.15, 0.2) is 6.07 Å². The predicted octanol–water partition coefficient (Wildman–Crippen LogP) is 4.29. The van der Waals surface area contributed by atoms with E-state index in [1.54, 1.807) is 0 Å². The van der Waals surface area contributed by atoms with Crippen LogP contribution in [0.3, 0.4) is 0 Å². The molecule has 1 amide bonds. The third-order valence-corrected chi connectivity index (χ3v) is 9.59. The molecule has 2 aliphatic heterocycles. The smallest absolute Gasteiger partial charge is 0.253 e. The summed E-state index contributed by atoms with van der Waals surface area (Å²) in [4.78, 5) is 25.3. The Morgan fingerprint density at radius 1 is 1.27 bits per heavy atom. The first kappa shape index (κ1) is 20.1. The van der Waals surface area contributed by atoms with Gasteiger partial charge in [-0.3, -0.25) is 9.59 Å². The molecule has 1 aromatic carbocycles. The number of ether oxygens (including phenoxy) is 1. The standard InChI is InChI=1S/C24H27BrN2O3/c1-12-5-6-17-22(2,3)20(28)16(25)9-24(17)23(12,4)8-13-7-14(10-26)18-15(19(13)30-24)11-27-21(18)29/h7,12,16-17H,5-6,8-9,11H2,1-4H3,(H,27,29)/t12-,16+,17-,23+,24-/m0/s1. The topological polar surface area (TPSA) is 79.2 Å². The van der Waals surface area contributed by atoms with Crippen LogP contribution in [0, 0.1) is 34.0 Å². The summed E-state index contributed by atoms with van der Waals surface area (Å²) < 4.78 is 7.06. The van der Waals surface area contributed by atoms with Gasteiger partial charge < -0.3 is 10.1 Å². The molecule has 0 bridgehead atoms. The predicted molar refractivity (Wildman–Crippen MR) is 116 cm³/mol. The van der Waals surface area contributed by atoms with E-state index in [4.69, 9.17) is 4.74 Å². The van der Waals surface area contributed by atoms with Crippen molar-refractivity contribution in [3.8, 4) is 11.8 Å². The van der Waals surface area contributed by atoms with Crippen molar-refractivity contribution in [2.45, 2.75) is 70.4 Å². The number of carbonyl (C=O) groups is 2. The summed E-state index contributed by atoms with van der Waals surface area (Å²) in [6, 6.07) is 4.08. The van der Waals surface area contributed by atoms with Crippen LogP contribution in [0.1, 0.15) is 74.0 Å². The Kier molecular flexibility index (Phi) is 4.07. The van der Waals surface area contributed by atoms with Gasteiger partial charge in [0.1, 0.15) is 11.4 Å². The van der Waals surface area contributed by atoms with Crippen LogP contribution in [0.4, 0.5) is 0 Å². The second-order valence-electron chi connectivity index (χ2n) is 10.4. The number of nitrogens with one attached hydrogen (secondary N) is 1. The lowest BCUT2D eigenvalue weighted by atomic mass is 9.44. The zero-order valence-corrected chi connectivity index (χ0v) is 19.5. The zero-order chi connectivity index (χ0) is 21.6. The van der Waals surface area contributed by atoms with E-state index in [1.165, 1.54) is 0 Å². The number of fused-ring (bicyclic) bond motifs is 3. The first-order chi connectivity index (χ1) is 14.1. The number of hydrogen-bond acceptors (Lipinski definition) is 4. The first-order valence-electron chi connectivity index (χ1n) is 10.8. The molecule has 6 heteroatoms. The lowest BCUT2D eigenvalue weighted by Crippen LogP contribution is -2.71. The molecule has 0 aromatic heterocycles. The number of benzene rings is 1. The molecule has 158 valence electrons. The second kappa shape index (κ2) is 6.09. The molecule has 5 rings (SSSR count). The molecule has 30 heavy (non-hydrogen) atoms. The fourth-order valence-corrected chi connectivity index (χ4v) is 8.05. The molecule has 2 saturated carbocycles. The van der Waals surface area contributed by atoms with Gasteiger partial charge in [0.15, 0.2) is 5.78 Å². The molecule has 2 fully saturated rings. The molecule has 2 aliphatic carbocycles. The number of ketones is 1. The van der Waals surface area contributed by atoms with E-state index in [0.717, 1.165) is 36.1 Å². The SMILES string of the molecule is C[C@H]1CC[C@H]2C(C)(C)C(=O)[C@H](Br)C[C@]23Oc2c(cc(C#N)c4c2CNC4=O)C[C@]13C. The summed E-state index contributed by atoms with van der Waals surface area (Å²) in [6.07, 6.45) is 3.44. The van der Waals surface area contributed by atoms with Crippen molar-refractivity contribution in [1.29, 1.82) is 5.26 Å². The largest absolute Gasteiger partial charge is 0.486 e. The van der Waals surface area contributed by atoms with E-state index in [2.05, 4.69) is 55.0 Å². The molecule has 5 nitrogen and oxygen atoms in total. The van der Waals surface area contributed by atoms with Gasteiger partial charge in [0.05, 0.1) is 22.0 Å². The molecular weight excluding hydrogens is 444 g/mol. The number of hydrogen-bond donors (Lipinski definition) is 1. The molecular formula is C24H27BrN2O3. The zero-order valence-electron chi connectivity index (χ0n) is 17.9. The molecule has 1 aromatic rings. The van der Waals surface area contributed by atoms with Crippen molar-refractivity contribution < 1.29 is 14.3 Å². The number of carbonyl (C=O) groups excluding carboxylic acids is 2. The van der Waals surface area contributed by atoms with Gasteiger partial charge in [-0.25, -0.2) is 0 Å². The minimum atomic E-state index is -0.491. The Morgan fingerprint density at radius 3 is 2.70 bits per heavy atom. The second-order valence-corrected chi connectivity index (χ2v) is 11.5. The Labute approximate surface area is 185 Å². The summed E-state index contributed by atoms with van der Waals surface area (Å²) in [5, 5.41) is 12.5.